The monoisotopic (exact) mass is 380 g/mol. The maximum absolute atomic E-state index is 6.23. The smallest absolute Gasteiger partial charge is 0.151 e. The average Bonchev–Trinajstić information content (AvgIpc) is 2.72. The van der Waals surface area contributed by atoms with E-state index in [0.717, 1.165) is 38.9 Å². The van der Waals surface area contributed by atoms with E-state index in [4.69, 9.17) is 10.7 Å². The Morgan fingerprint density at radius 1 is 0.931 bits per heavy atom. The van der Waals surface area contributed by atoms with Crippen molar-refractivity contribution in [3.63, 3.8) is 0 Å². The summed E-state index contributed by atoms with van der Waals surface area (Å²) in [4.78, 5) is 13.3. The zero-order valence-electron chi connectivity index (χ0n) is 15.9. The van der Waals surface area contributed by atoms with Crippen molar-refractivity contribution in [1.82, 2.24) is 24.1 Å². The molecule has 6 heteroatoms. The number of hydrogen-bond donors (Lipinski definition) is 1. The van der Waals surface area contributed by atoms with Gasteiger partial charge in [-0.25, -0.2) is 9.97 Å². The number of nitrogens with zero attached hydrogens (tertiary/aromatic N) is 5. The van der Waals surface area contributed by atoms with Crippen molar-refractivity contribution < 1.29 is 0 Å². The van der Waals surface area contributed by atoms with Gasteiger partial charge in [-0.1, -0.05) is 18.2 Å². The normalized spacial score (nSPS) is 14.5. The molecule has 2 N–H and O–H groups in total. The summed E-state index contributed by atoms with van der Waals surface area (Å²) in [5.74, 6) is 0.566. The molecule has 1 aromatic carbocycles. The molecule has 1 fully saturated rings. The van der Waals surface area contributed by atoms with Gasteiger partial charge in [0.2, 0.25) is 0 Å². The fourth-order valence-corrected chi connectivity index (χ4v) is 4.22. The second-order valence-corrected chi connectivity index (χ2v) is 7.62. The Hall–Kier alpha value is -3.67. The van der Waals surface area contributed by atoms with Gasteiger partial charge >= 0.3 is 0 Å². The van der Waals surface area contributed by atoms with Gasteiger partial charge < -0.3 is 5.73 Å². The molecule has 4 aromatic heterocycles. The molecule has 4 heterocycles. The molecule has 0 radical (unpaired) electrons. The summed E-state index contributed by atoms with van der Waals surface area (Å²) < 4.78 is 4.51. The van der Waals surface area contributed by atoms with Crippen LogP contribution >= 0.6 is 0 Å². The summed E-state index contributed by atoms with van der Waals surface area (Å²) >= 11 is 0. The van der Waals surface area contributed by atoms with Crippen molar-refractivity contribution in [3.05, 3.63) is 67.3 Å². The van der Waals surface area contributed by atoms with Gasteiger partial charge in [0.15, 0.2) is 5.82 Å². The lowest BCUT2D eigenvalue weighted by atomic mass is 9.92. The number of fused-ring (bicyclic) bond motifs is 2. The first kappa shape index (κ1) is 16.3. The van der Waals surface area contributed by atoms with Crippen LogP contribution in [-0.4, -0.2) is 24.1 Å². The maximum Gasteiger partial charge on any atom is 0.151 e. The molecule has 6 rings (SSSR count). The van der Waals surface area contributed by atoms with Crippen molar-refractivity contribution in [1.29, 1.82) is 0 Å². The van der Waals surface area contributed by atoms with Crippen LogP contribution in [0.4, 0.5) is 5.82 Å². The Morgan fingerprint density at radius 3 is 2.55 bits per heavy atom. The Bertz CT molecular complexity index is 1340. The largest absolute Gasteiger partial charge is 0.382 e. The van der Waals surface area contributed by atoms with Gasteiger partial charge in [0.1, 0.15) is 5.52 Å². The van der Waals surface area contributed by atoms with Crippen LogP contribution in [0.2, 0.25) is 0 Å². The molecular weight excluding hydrogens is 360 g/mol. The highest BCUT2D eigenvalue weighted by atomic mass is 15.4. The van der Waals surface area contributed by atoms with Crippen LogP contribution in [0.5, 0.6) is 0 Å². The fourth-order valence-electron chi connectivity index (χ4n) is 4.22. The van der Waals surface area contributed by atoms with Crippen LogP contribution in [0.15, 0.2) is 67.3 Å². The minimum absolute atomic E-state index is 0.524. The SMILES string of the molecule is Nc1nccn2c1c(-c1ccc3ccc(-c4ccncc4)nc3c1)n2C1CCC1. The molecule has 29 heavy (non-hydrogen) atoms. The van der Waals surface area contributed by atoms with E-state index in [2.05, 4.69) is 49.5 Å². The van der Waals surface area contributed by atoms with Crippen molar-refractivity contribution >= 4 is 22.2 Å². The summed E-state index contributed by atoms with van der Waals surface area (Å²) in [5, 5.41) is 1.12. The van der Waals surface area contributed by atoms with Gasteiger partial charge in [-0.3, -0.25) is 14.2 Å². The van der Waals surface area contributed by atoms with Gasteiger partial charge in [0, 0.05) is 41.3 Å². The van der Waals surface area contributed by atoms with Crippen LogP contribution in [-0.2, 0) is 0 Å². The number of pyridine rings is 2. The Labute approximate surface area is 167 Å². The number of benzene rings is 1. The molecule has 6 nitrogen and oxygen atoms in total. The fraction of sp³-hybridized carbons (Fsp3) is 0.174. The molecule has 1 saturated carbocycles. The summed E-state index contributed by atoms with van der Waals surface area (Å²) in [6.07, 6.45) is 11.0. The van der Waals surface area contributed by atoms with E-state index in [-0.39, 0.29) is 0 Å². The highest BCUT2D eigenvalue weighted by molar-refractivity contribution is 5.92. The predicted octanol–water partition coefficient (Wildman–Crippen LogP) is 4.72. The van der Waals surface area contributed by atoms with Gasteiger partial charge in [-0.15, -0.1) is 0 Å². The quantitative estimate of drug-likeness (QED) is 0.491. The molecule has 0 amide bonds. The van der Waals surface area contributed by atoms with E-state index in [1.807, 2.05) is 18.3 Å². The number of hydrogen-bond acceptors (Lipinski definition) is 4. The first-order chi connectivity index (χ1) is 14.3. The van der Waals surface area contributed by atoms with Crippen LogP contribution in [0.1, 0.15) is 25.3 Å². The molecule has 0 unspecified atom stereocenters. The lowest BCUT2D eigenvalue weighted by molar-refractivity contribution is 0.272. The Morgan fingerprint density at radius 2 is 1.76 bits per heavy atom. The molecule has 0 atom stereocenters. The molecule has 0 spiro atoms. The van der Waals surface area contributed by atoms with Gasteiger partial charge in [0.25, 0.3) is 0 Å². The van der Waals surface area contributed by atoms with E-state index >= 15 is 0 Å². The third-order valence-electron chi connectivity index (χ3n) is 5.94. The third-order valence-corrected chi connectivity index (χ3v) is 5.94. The Balaban J connectivity index is 1.53. The van der Waals surface area contributed by atoms with Crippen molar-refractivity contribution in [2.45, 2.75) is 25.3 Å². The summed E-state index contributed by atoms with van der Waals surface area (Å²) in [5.41, 5.74) is 12.5. The molecular formula is C23H20N6. The first-order valence-corrected chi connectivity index (χ1v) is 9.94. The average molecular weight is 380 g/mol. The lowest BCUT2D eigenvalue weighted by Crippen LogP contribution is -2.29. The number of aromatic nitrogens is 5. The zero-order chi connectivity index (χ0) is 19.4. The standard InChI is InChI=1S/C23H20N6/c24-23-22-21(29(18-2-1-3-18)28(22)13-12-26-23)17-5-4-15-6-7-19(27-20(15)14-17)16-8-10-25-11-9-16/h4-14,18H,1-3H2,(H2,24,26). The molecule has 0 aliphatic heterocycles. The molecule has 1 aliphatic carbocycles. The van der Waals surface area contributed by atoms with Gasteiger partial charge in [0.05, 0.1) is 22.9 Å². The van der Waals surface area contributed by atoms with E-state index in [9.17, 15) is 0 Å². The highest BCUT2D eigenvalue weighted by Gasteiger charge is 2.29. The van der Waals surface area contributed by atoms with E-state index in [0.29, 0.717) is 11.9 Å². The Kier molecular flexibility index (Phi) is 3.47. The molecule has 142 valence electrons. The topological polar surface area (TPSA) is 74.0 Å². The zero-order valence-corrected chi connectivity index (χ0v) is 15.9. The molecule has 0 bridgehead atoms. The number of anilines is 1. The summed E-state index contributed by atoms with van der Waals surface area (Å²) in [7, 11) is 0. The second kappa shape index (κ2) is 6.17. The molecule has 5 aromatic rings. The third kappa shape index (κ3) is 2.45. The van der Waals surface area contributed by atoms with Crippen LogP contribution in [0, 0.1) is 0 Å². The number of rotatable bonds is 3. The predicted molar refractivity (Wildman–Crippen MR) is 114 cm³/mol. The van der Waals surface area contributed by atoms with Gasteiger partial charge in [-0.2, -0.15) is 0 Å². The van der Waals surface area contributed by atoms with Crippen LogP contribution in [0.25, 0.3) is 38.9 Å². The maximum atomic E-state index is 6.23. The minimum atomic E-state index is 0.524. The number of nitrogens with two attached hydrogens (primary N) is 1. The van der Waals surface area contributed by atoms with Crippen LogP contribution < -0.4 is 5.73 Å². The second-order valence-electron chi connectivity index (χ2n) is 7.62. The van der Waals surface area contributed by atoms with Crippen molar-refractivity contribution in [2.24, 2.45) is 0 Å². The highest BCUT2D eigenvalue weighted by Crippen LogP contribution is 2.41. The van der Waals surface area contributed by atoms with Gasteiger partial charge in [-0.05, 0) is 43.5 Å². The molecule has 0 saturated heterocycles. The number of nitrogen functional groups attached to an aromatic ring is 1. The van der Waals surface area contributed by atoms with Crippen molar-refractivity contribution in [3.8, 4) is 22.5 Å². The first-order valence-electron chi connectivity index (χ1n) is 9.94. The van der Waals surface area contributed by atoms with Crippen LogP contribution in [0.3, 0.4) is 0 Å². The van der Waals surface area contributed by atoms with Crippen molar-refractivity contribution in [2.75, 3.05) is 5.73 Å². The minimum Gasteiger partial charge on any atom is -0.382 e. The summed E-state index contributed by atoms with van der Waals surface area (Å²) in [6.45, 7) is 0. The lowest BCUT2D eigenvalue weighted by Gasteiger charge is -2.36. The molecule has 1 aliphatic rings. The van der Waals surface area contributed by atoms with E-state index in [1.165, 1.54) is 19.3 Å². The summed E-state index contributed by atoms with van der Waals surface area (Å²) in [6, 6.07) is 15.1. The van der Waals surface area contributed by atoms with E-state index < -0.39 is 0 Å². The van der Waals surface area contributed by atoms with E-state index in [1.54, 1.807) is 18.6 Å².